The summed E-state index contributed by atoms with van der Waals surface area (Å²) in [5.74, 6) is 0. The summed E-state index contributed by atoms with van der Waals surface area (Å²) in [7, 11) is 0. The van der Waals surface area contributed by atoms with E-state index in [9.17, 15) is 0 Å². The first-order valence-electron chi connectivity index (χ1n) is 6.95. The molecule has 0 aliphatic rings. The monoisotopic (exact) mass is 231 g/mol. The van der Waals surface area contributed by atoms with E-state index in [1.54, 1.807) is 0 Å². The van der Waals surface area contributed by atoms with Crippen molar-refractivity contribution in [2.45, 2.75) is 47.0 Å². The second kappa shape index (κ2) is 20.3. The molecular weight excluding hydrogens is 198 g/mol. The Morgan fingerprint density at radius 3 is 1.00 bits per heavy atom. The van der Waals surface area contributed by atoms with Gasteiger partial charge in [0.1, 0.15) is 0 Å². The van der Waals surface area contributed by atoms with Crippen molar-refractivity contribution in [1.82, 2.24) is 16.0 Å². The zero-order valence-electron chi connectivity index (χ0n) is 11.9. The van der Waals surface area contributed by atoms with E-state index in [0.29, 0.717) is 0 Å². The molecule has 0 atom stereocenters. The van der Waals surface area contributed by atoms with Crippen molar-refractivity contribution in [1.29, 1.82) is 0 Å². The van der Waals surface area contributed by atoms with Crippen LogP contribution in [0.3, 0.4) is 0 Å². The van der Waals surface area contributed by atoms with Crippen LogP contribution in [0.2, 0.25) is 0 Å². The van der Waals surface area contributed by atoms with Gasteiger partial charge in [-0.2, -0.15) is 0 Å². The van der Waals surface area contributed by atoms with Crippen molar-refractivity contribution < 1.29 is 0 Å². The fourth-order valence-electron chi connectivity index (χ4n) is 1.08. The Hall–Kier alpha value is -0.120. The van der Waals surface area contributed by atoms with Gasteiger partial charge >= 0.3 is 0 Å². The van der Waals surface area contributed by atoms with Gasteiger partial charge in [-0.3, -0.25) is 0 Å². The quantitative estimate of drug-likeness (QED) is 0.503. The Balaban J connectivity index is 0. The smallest absolute Gasteiger partial charge is 0.00772 e. The molecule has 0 heterocycles. The van der Waals surface area contributed by atoms with Crippen LogP contribution >= 0.6 is 0 Å². The van der Waals surface area contributed by atoms with Gasteiger partial charge in [0.2, 0.25) is 0 Å². The van der Waals surface area contributed by atoms with Crippen LogP contribution < -0.4 is 16.0 Å². The van der Waals surface area contributed by atoms with E-state index in [1.807, 2.05) is 0 Å². The lowest BCUT2D eigenvalue weighted by atomic mass is 10.4. The molecule has 0 saturated carbocycles. The number of rotatable bonds is 10. The van der Waals surface area contributed by atoms with Crippen LogP contribution in [-0.4, -0.2) is 39.3 Å². The molecule has 3 heteroatoms. The summed E-state index contributed by atoms with van der Waals surface area (Å²) < 4.78 is 0. The topological polar surface area (TPSA) is 36.1 Å². The summed E-state index contributed by atoms with van der Waals surface area (Å²) in [6.45, 7) is 15.2. The average Bonchev–Trinajstić information content (AvgIpc) is 2.28. The average molecular weight is 231 g/mol. The van der Waals surface area contributed by atoms with Crippen LogP contribution in [0.5, 0.6) is 0 Å². The largest absolute Gasteiger partial charge is 0.315 e. The molecule has 0 fully saturated rings. The molecule has 3 N–H and O–H groups in total. The Labute approximate surface area is 103 Å². The number of nitrogens with one attached hydrogen (secondary N) is 3. The minimum Gasteiger partial charge on any atom is -0.315 e. The summed E-state index contributed by atoms with van der Waals surface area (Å²) in [4.78, 5) is 0. The van der Waals surface area contributed by atoms with Crippen LogP contribution in [0, 0.1) is 0 Å². The predicted molar refractivity (Wildman–Crippen MR) is 75.2 cm³/mol. The molecule has 0 aromatic rings. The molecule has 0 aliphatic carbocycles. The van der Waals surface area contributed by atoms with Crippen molar-refractivity contribution in [2.24, 2.45) is 0 Å². The van der Waals surface area contributed by atoms with Crippen LogP contribution in [0.4, 0.5) is 0 Å². The predicted octanol–water partition coefficient (Wildman–Crippen LogP) is 1.99. The maximum absolute atomic E-state index is 3.38. The second-order valence-electron chi connectivity index (χ2n) is 3.96. The SMILES string of the molecule is CCC.CCCNCCNCCNCCC. The minimum absolute atomic E-state index is 1.08. The van der Waals surface area contributed by atoms with Crippen LogP contribution in [0.25, 0.3) is 0 Å². The Bertz CT molecular complexity index is 87.2. The van der Waals surface area contributed by atoms with Crippen LogP contribution in [0.1, 0.15) is 47.0 Å². The lowest BCUT2D eigenvalue weighted by Crippen LogP contribution is -2.33. The first-order valence-corrected chi connectivity index (χ1v) is 6.95. The number of hydrogen-bond donors (Lipinski definition) is 3. The lowest BCUT2D eigenvalue weighted by Gasteiger charge is -2.06. The lowest BCUT2D eigenvalue weighted by molar-refractivity contribution is 0.577. The molecule has 0 spiro atoms. The standard InChI is InChI=1S/C10H25N3.C3H8/c1-3-5-11-7-9-13-10-8-12-6-4-2;1-3-2/h11-13H,3-10H2,1-2H3;3H2,1-2H3. The van der Waals surface area contributed by atoms with Crippen LogP contribution in [0.15, 0.2) is 0 Å². The molecule has 0 amide bonds. The highest BCUT2D eigenvalue weighted by molar-refractivity contribution is 4.53. The van der Waals surface area contributed by atoms with Gasteiger partial charge < -0.3 is 16.0 Å². The summed E-state index contributed by atoms with van der Waals surface area (Å²) in [6, 6.07) is 0. The normalized spacial score (nSPS) is 9.75. The molecule has 0 aromatic heterocycles. The molecular formula is C13H33N3. The first kappa shape index (κ1) is 18.3. The van der Waals surface area contributed by atoms with Gasteiger partial charge in [-0.15, -0.1) is 0 Å². The molecule has 0 aromatic carbocycles. The van der Waals surface area contributed by atoms with Crippen LogP contribution in [-0.2, 0) is 0 Å². The zero-order valence-corrected chi connectivity index (χ0v) is 11.9. The van der Waals surface area contributed by atoms with E-state index < -0.39 is 0 Å². The summed E-state index contributed by atoms with van der Waals surface area (Å²) in [6.07, 6.45) is 3.69. The van der Waals surface area contributed by atoms with Crippen molar-refractivity contribution >= 4 is 0 Å². The minimum atomic E-state index is 1.08. The molecule has 0 bridgehead atoms. The molecule has 0 radical (unpaired) electrons. The van der Waals surface area contributed by atoms with Crippen molar-refractivity contribution in [3.8, 4) is 0 Å². The van der Waals surface area contributed by atoms with Gasteiger partial charge in [-0.25, -0.2) is 0 Å². The molecule has 0 saturated heterocycles. The summed E-state index contributed by atoms with van der Waals surface area (Å²) >= 11 is 0. The third-order valence-electron chi connectivity index (χ3n) is 1.81. The highest BCUT2D eigenvalue weighted by atomic mass is 15.0. The van der Waals surface area contributed by atoms with E-state index in [2.05, 4.69) is 43.6 Å². The first-order chi connectivity index (χ1) is 7.83. The van der Waals surface area contributed by atoms with Gasteiger partial charge in [0.25, 0.3) is 0 Å². The summed E-state index contributed by atoms with van der Waals surface area (Å²) in [5, 5.41) is 10.1. The fraction of sp³-hybridized carbons (Fsp3) is 1.00. The Morgan fingerprint density at radius 2 is 0.750 bits per heavy atom. The third kappa shape index (κ3) is 23.6. The summed E-state index contributed by atoms with van der Waals surface area (Å²) in [5.41, 5.74) is 0. The molecule has 0 rings (SSSR count). The molecule has 0 unspecified atom stereocenters. The maximum Gasteiger partial charge on any atom is 0.00772 e. The van der Waals surface area contributed by atoms with Gasteiger partial charge in [0.05, 0.1) is 0 Å². The second-order valence-corrected chi connectivity index (χ2v) is 3.96. The molecule has 3 nitrogen and oxygen atoms in total. The third-order valence-corrected chi connectivity index (χ3v) is 1.81. The molecule has 16 heavy (non-hydrogen) atoms. The van der Waals surface area contributed by atoms with E-state index in [-0.39, 0.29) is 0 Å². The van der Waals surface area contributed by atoms with E-state index in [0.717, 1.165) is 39.3 Å². The molecule has 0 aliphatic heterocycles. The van der Waals surface area contributed by atoms with Gasteiger partial charge in [-0.05, 0) is 25.9 Å². The van der Waals surface area contributed by atoms with Gasteiger partial charge in [0, 0.05) is 26.2 Å². The van der Waals surface area contributed by atoms with E-state index in [4.69, 9.17) is 0 Å². The maximum atomic E-state index is 3.38. The Kier molecular flexibility index (Phi) is 23.2. The van der Waals surface area contributed by atoms with Gasteiger partial charge in [-0.1, -0.05) is 34.1 Å². The van der Waals surface area contributed by atoms with Gasteiger partial charge in [0.15, 0.2) is 0 Å². The highest BCUT2D eigenvalue weighted by Crippen LogP contribution is 1.69. The molecule has 100 valence electrons. The van der Waals surface area contributed by atoms with Crippen molar-refractivity contribution in [3.63, 3.8) is 0 Å². The van der Waals surface area contributed by atoms with E-state index >= 15 is 0 Å². The van der Waals surface area contributed by atoms with E-state index in [1.165, 1.54) is 19.3 Å². The number of hydrogen-bond acceptors (Lipinski definition) is 3. The van der Waals surface area contributed by atoms with Crippen molar-refractivity contribution in [3.05, 3.63) is 0 Å². The Morgan fingerprint density at radius 1 is 0.500 bits per heavy atom. The fourth-order valence-corrected chi connectivity index (χ4v) is 1.08. The zero-order chi connectivity index (χ0) is 12.5. The highest BCUT2D eigenvalue weighted by Gasteiger charge is 1.87. The van der Waals surface area contributed by atoms with Crippen molar-refractivity contribution in [2.75, 3.05) is 39.3 Å².